The zero-order chi connectivity index (χ0) is 19.1. The molecule has 1 aliphatic rings. The van der Waals surface area contributed by atoms with Gasteiger partial charge in [0.2, 0.25) is 5.91 Å². The van der Waals surface area contributed by atoms with Gasteiger partial charge in [0.15, 0.2) is 5.96 Å². The molecule has 0 radical (unpaired) electrons. The molecule has 1 aliphatic heterocycles. The van der Waals surface area contributed by atoms with Crippen LogP contribution in [0.5, 0.6) is 0 Å². The Balaban J connectivity index is 0.00000280. The van der Waals surface area contributed by atoms with Crippen molar-refractivity contribution in [2.45, 2.75) is 12.3 Å². The molecule has 0 aliphatic carbocycles. The van der Waals surface area contributed by atoms with Crippen molar-refractivity contribution in [2.75, 3.05) is 43.9 Å². The summed E-state index contributed by atoms with van der Waals surface area (Å²) < 4.78 is 0. The normalized spacial score (nSPS) is 15.7. The van der Waals surface area contributed by atoms with E-state index in [0.717, 1.165) is 24.7 Å². The van der Waals surface area contributed by atoms with E-state index in [2.05, 4.69) is 51.1 Å². The first-order chi connectivity index (χ1) is 13.2. The molecule has 0 spiro atoms. The number of para-hydroxylation sites is 2. The van der Waals surface area contributed by atoms with E-state index in [1.54, 1.807) is 7.05 Å². The van der Waals surface area contributed by atoms with Crippen molar-refractivity contribution < 1.29 is 4.79 Å². The third kappa shape index (κ3) is 5.85. The fourth-order valence-electron chi connectivity index (χ4n) is 3.28. The molecular formula is C21H28IN5O. The predicted molar refractivity (Wildman–Crippen MR) is 127 cm³/mol. The van der Waals surface area contributed by atoms with E-state index in [4.69, 9.17) is 0 Å². The van der Waals surface area contributed by atoms with Crippen LogP contribution in [0, 0.1) is 0 Å². The smallest absolute Gasteiger partial charge is 0.225 e. The number of guanidine groups is 1. The van der Waals surface area contributed by atoms with Crippen LogP contribution in [0.15, 0.2) is 59.6 Å². The van der Waals surface area contributed by atoms with Crippen LogP contribution < -0.4 is 20.9 Å². The molecular weight excluding hydrogens is 465 g/mol. The van der Waals surface area contributed by atoms with Gasteiger partial charge in [0.1, 0.15) is 0 Å². The number of hydrogen-bond acceptors (Lipinski definition) is 3. The standard InChI is InChI=1S/C21H27N5O.HI/c1-22-21(23-12-13-26(2)17-8-4-3-5-9-17)24-15-16-14-20(27)25-19-11-7-6-10-18(16)19;/h3-11,16H,12-15H2,1-2H3,(H,25,27)(H2,22,23,24);1H. The van der Waals surface area contributed by atoms with E-state index in [-0.39, 0.29) is 35.8 Å². The number of carbonyl (C=O) groups excluding carboxylic acids is 1. The second-order valence-corrected chi connectivity index (χ2v) is 6.67. The fourth-order valence-corrected chi connectivity index (χ4v) is 3.28. The van der Waals surface area contributed by atoms with Gasteiger partial charge < -0.3 is 20.9 Å². The second-order valence-electron chi connectivity index (χ2n) is 6.67. The monoisotopic (exact) mass is 493 g/mol. The summed E-state index contributed by atoms with van der Waals surface area (Å²) >= 11 is 0. The number of aliphatic imine (C=N–C) groups is 1. The zero-order valence-electron chi connectivity index (χ0n) is 16.3. The van der Waals surface area contributed by atoms with Gasteiger partial charge in [-0.3, -0.25) is 9.79 Å². The predicted octanol–water partition coefficient (Wildman–Crippen LogP) is 3.03. The molecule has 2 aromatic carbocycles. The number of hydrogen-bond donors (Lipinski definition) is 3. The maximum absolute atomic E-state index is 11.9. The number of fused-ring (bicyclic) bond motifs is 1. The third-order valence-electron chi connectivity index (χ3n) is 4.78. The van der Waals surface area contributed by atoms with Crippen LogP contribution in [-0.2, 0) is 4.79 Å². The SMILES string of the molecule is CN=C(NCCN(C)c1ccccc1)NCC1CC(=O)Nc2ccccc21.I. The largest absolute Gasteiger partial charge is 0.373 e. The van der Waals surface area contributed by atoms with Crippen molar-refractivity contribution in [3.8, 4) is 0 Å². The molecule has 1 atom stereocenters. The van der Waals surface area contributed by atoms with Crippen LogP contribution in [0.3, 0.4) is 0 Å². The van der Waals surface area contributed by atoms with Crippen molar-refractivity contribution >= 4 is 47.2 Å². The lowest BCUT2D eigenvalue weighted by Gasteiger charge is -2.26. The van der Waals surface area contributed by atoms with Gasteiger partial charge in [-0.25, -0.2) is 0 Å². The van der Waals surface area contributed by atoms with Gasteiger partial charge >= 0.3 is 0 Å². The molecule has 3 rings (SSSR count). The lowest BCUT2D eigenvalue weighted by atomic mass is 9.90. The van der Waals surface area contributed by atoms with Crippen molar-refractivity contribution in [3.05, 3.63) is 60.2 Å². The third-order valence-corrected chi connectivity index (χ3v) is 4.78. The highest BCUT2D eigenvalue weighted by Gasteiger charge is 2.24. The molecule has 6 nitrogen and oxygen atoms in total. The number of amides is 1. The number of benzene rings is 2. The molecule has 150 valence electrons. The van der Waals surface area contributed by atoms with Gasteiger partial charge in [0.25, 0.3) is 0 Å². The summed E-state index contributed by atoms with van der Waals surface area (Å²) in [6.45, 7) is 2.30. The Morgan fingerprint density at radius 3 is 2.61 bits per heavy atom. The van der Waals surface area contributed by atoms with Crippen LogP contribution >= 0.6 is 24.0 Å². The van der Waals surface area contributed by atoms with E-state index in [1.807, 2.05) is 36.4 Å². The van der Waals surface area contributed by atoms with Crippen molar-refractivity contribution in [3.63, 3.8) is 0 Å². The van der Waals surface area contributed by atoms with Crippen molar-refractivity contribution in [1.82, 2.24) is 10.6 Å². The van der Waals surface area contributed by atoms with Crippen LogP contribution in [0.2, 0.25) is 0 Å². The molecule has 3 N–H and O–H groups in total. The number of likely N-dealkylation sites (N-methyl/N-ethyl adjacent to an activating group) is 1. The summed E-state index contributed by atoms with van der Waals surface area (Å²) in [5.41, 5.74) is 3.27. The van der Waals surface area contributed by atoms with E-state index in [1.165, 1.54) is 11.3 Å². The number of nitrogens with one attached hydrogen (secondary N) is 3. The Bertz CT molecular complexity index is 796. The molecule has 1 heterocycles. The number of nitrogens with zero attached hydrogens (tertiary/aromatic N) is 2. The Hall–Kier alpha value is -2.29. The van der Waals surface area contributed by atoms with Gasteiger partial charge in [-0.1, -0.05) is 36.4 Å². The van der Waals surface area contributed by atoms with Crippen molar-refractivity contribution in [2.24, 2.45) is 4.99 Å². The summed E-state index contributed by atoms with van der Waals surface area (Å²) in [4.78, 5) is 18.4. The molecule has 0 aromatic heterocycles. The molecule has 0 bridgehead atoms. The molecule has 0 saturated heterocycles. The van der Waals surface area contributed by atoms with E-state index >= 15 is 0 Å². The van der Waals surface area contributed by atoms with Crippen LogP contribution in [0.25, 0.3) is 0 Å². The topological polar surface area (TPSA) is 68.8 Å². The quantitative estimate of drug-likeness (QED) is 0.329. The number of halogens is 1. The molecule has 7 heteroatoms. The maximum Gasteiger partial charge on any atom is 0.225 e. The van der Waals surface area contributed by atoms with Gasteiger partial charge in [0, 0.05) is 57.4 Å². The van der Waals surface area contributed by atoms with Crippen LogP contribution in [0.4, 0.5) is 11.4 Å². The van der Waals surface area contributed by atoms with Crippen LogP contribution in [-0.4, -0.2) is 45.6 Å². The molecule has 1 unspecified atom stereocenters. The first kappa shape index (κ1) is 22.0. The number of rotatable bonds is 6. The highest BCUT2D eigenvalue weighted by molar-refractivity contribution is 14.0. The Kier molecular flexibility index (Phi) is 8.56. The molecule has 2 aromatic rings. The lowest BCUT2D eigenvalue weighted by Crippen LogP contribution is -2.43. The van der Waals surface area contributed by atoms with Crippen LogP contribution in [0.1, 0.15) is 17.9 Å². The summed E-state index contributed by atoms with van der Waals surface area (Å²) in [7, 11) is 3.84. The number of anilines is 2. The first-order valence-corrected chi connectivity index (χ1v) is 9.27. The second kappa shape index (κ2) is 10.9. The summed E-state index contributed by atoms with van der Waals surface area (Å²) in [6, 6.07) is 18.3. The lowest BCUT2D eigenvalue weighted by molar-refractivity contribution is -0.116. The maximum atomic E-state index is 11.9. The Labute approximate surface area is 183 Å². The minimum atomic E-state index is 0. The fraction of sp³-hybridized carbons (Fsp3) is 0.333. The molecule has 28 heavy (non-hydrogen) atoms. The first-order valence-electron chi connectivity index (χ1n) is 9.27. The van der Waals surface area contributed by atoms with E-state index < -0.39 is 0 Å². The highest BCUT2D eigenvalue weighted by Crippen LogP contribution is 2.31. The Morgan fingerprint density at radius 2 is 1.86 bits per heavy atom. The van der Waals surface area contributed by atoms with Gasteiger partial charge in [-0.15, -0.1) is 24.0 Å². The summed E-state index contributed by atoms with van der Waals surface area (Å²) in [5, 5.41) is 9.63. The van der Waals surface area contributed by atoms with Crippen molar-refractivity contribution in [1.29, 1.82) is 0 Å². The molecule has 0 saturated carbocycles. The van der Waals surface area contributed by atoms with E-state index in [0.29, 0.717) is 13.0 Å². The molecule has 0 fully saturated rings. The van der Waals surface area contributed by atoms with Gasteiger partial charge in [-0.05, 0) is 23.8 Å². The average molecular weight is 493 g/mol. The average Bonchev–Trinajstić information content (AvgIpc) is 2.70. The summed E-state index contributed by atoms with van der Waals surface area (Å²) in [5.74, 6) is 0.952. The Morgan fingerprint density at radius 1 is 1.14 bits per heavy atom. The summed E-state index contributed by atoms with van der Waals surface area (Å²) in [6.07, 6.45) is 0.484. The number of carbonyl (C=O) groups is 1. The molecule has 1 amide bonds. The minimum absolute atomic E-state index is 0. The van der Waals surface area contributed by atoms with E-state index in [9.17, 15) is 4.79 Å². The van der Waals surface area contributed by atoms with Gasteiger partial charge in [0.05, 0.1) is 0 Å². The van der Waals surface area contributed by atoms with Gasteiger partial charge in [-0.2, -0.15) is 0 Å². The highest BCUT2D eigenvalue weighted by atomic mass is 127. The minimum Gasteiger partial charge on any atom is -0.373 e. The zero-order valence-corrected chi connectivity index (χ0v) is 18.6.